The van der Waals surface area contributed by atoms with E-state index in [1.165, 1.54) is 6.07 Å². The minimum atomic E-state index is -0.181. The summed E-state index contributed by atoms with van der Waals surface area (Å²) in [7, 11) is 0. The summed E-state index contributed by atoms with van der Waals surface area (Å²) in [4.78, 5) is 0. The summed E-state index contributed by atoms with van der Waals surface area (Å²) in [5.41, 5.74) is 1.67. The van der Waals surface area contributed by atoms with Crippen molar-refractivity contribution in [2.24, 2.45) is 5.92 Å². The quantitative estimate of drug-likeness (QED) is 0.826. The monoisotopic (exact) mass is 209 g/mol. The number of hydrogen-bond donors (Lipinski definition) is 1. The molecular formula is C12H16FNO. The summed E-state index contributed by atoms with van der Waals surface area (Å²) in [5.74, 6) is 0.337. The zero-order valence-electron chi connectivity index (χ0n) is 8.92. The number of nitrogens with one attached hydrogen (secondary N) is 1. The Bertz CT molecular complexity index is 334. The fourth-order valence-corrected chi connectivity index (χ4v) is 1.77. The van der Waals surface area contributed by atoms with Crippen molar-refractivity contribution in [2.75, 3.05) is 25.1 Å². The van der Waals surface area contributed by atoms with Crippen LogP contribution < -0.4 is 5.32 Å². The summed E-state index contributed by atoms with van der Waals surface area (Å²) in [6.45, 7) is 4.38. The molecule has 2 nitrogen and oxygen atoms in total. The van der Waals surface area contributed by atoms with Crippen LogP contribution in [-0.2, 0) is 4.74 Å². The normalized spacial score (nSPS) is 20.5. The van der Waals surface area contributed by atoms with Gasteiger partial charge in [0.1, 0.15) is 5.82 Å². The average Bonchev–Trinajstić information content (AvgIpc) is 2.72. The Hall–Kier alpha value is -1.09. The molecule has 82 valence electrons. The number of rotatable bonds is 3. The SMILES string of the molecule is Cc1ccc(F)c(NCC2CCOC2)c1. The van der Waals surface area contributed by atoms with Crippen LogP contribution in [0.25, 0.3) is 0 Å². The third-order valence-corrected chi connectivity index (χ3v) is 2.73. The summed E-state index contributed by atoms with van der Waals surface area (Å²) < 4.78 is 18.6. The van der Waals surface area contributed by atoms with Gasteiger partial charge in [-0.3, -0.25) is 0 Å². The lowest BCUT2D eigenvalue weighted by molar-refractivity contribution is 0.187. The van der Waals surface area contributed by atoms with Gasteiger partial charge in [-0.15, -0.1) is 0 Å². The number of ether oxygens (including phenoxy) is 1. The molecule has 1 fully saturated rings. The molecule has 0 amide bonds. The van der Waals surface area contributed by atoms with Gasteiger partial charge >= 0.3 is 0 Å². The number of anilines is 1. The summed E-state index contributed by atoms with van der Waals surface area (Å²) >= 11 is 0. The van der Waals surface area contributed by atoms with Gasteiger partial charge in [0.05, 0.1) is 12.3 Å². The van der Waals surface area contributed by atoms with Gasteiger partial charge in [0.15, 0.2) is 0 Å². The Kier molecular flexibility index (Phi) is 3.21. The van der Waals surface area contributed by atoms with Crippen molar-refractivity contribution in [3.8, 4) is 0 Å². The largest absolute Gasteiger partial charge is 0.382 e. The van der Waals surface area contributed by atoms with Crippen molar-refractivity contribution in [3.63, 3.8) is 0 Å². The number of aryl methyl sites for hydroxylation is 1. The van der Waals surface area contributed by atoms with Gasteiger partial charge in [-0.25, -0.2) is 4.39 Å². The van der Waals surface area contributed by atoms with Gasteiger partial charge in [0.25, 0.3) is 0 Å². The molecule has 2 rings (SSSR count). The molecule has 0 saturated carbocycles. The Balaban J connectivity index is 1.94. The predicted octanol–water partition coefficient (Wildman–Crippen LogP) is 2.58. The minimum Gasteiger partial charge on any atom is -0.382 e. The van der Waals surface area contributed by atoms with Crippen molar-refractivity contribution < 1.29 is 9.13 Å². The third kappa shape index (κ3) is 2.69. The van der Waals surface area contributed by atoms with Crippen LogP contribution in [0.2, 0.25) is 0 Å². The van der Waals surface area contributed by atoms with E-state index in [1.54, 1.807) is 6.07 Å². The van der Waals surface area contributed by atoms with Gasteiger partial charge in [0.2, 0.25) is 0 Å². The maximum atomic E-state index is 13.3. The fourth-order valence-electron chi connectivity index (χ4n) is 1.77. The van der Waals surface area contributed by atoms with E-state index in [2.05, 4.69) is 5.32 Å². The molecule has 1 heterocycles. The van der Waals surface area contributed by atoms with Crippen LogP contribution in [0.1, 0.15) is 12.0 Å². The van der Waals surface area contributed by atoms with Gasteiger partial charge in [-0.1, -0.05) is 6.07 Å². The maximum absolute atomic E-state index is 13.3. The van der Waals surface area contributed by atoms with E-state index in [-0.39, 0.29) is 5.82 Å². The Morgan fingerprint density at radius 2 is 2.40 bits per heavy atom. The molecule has 0 aliphatic carbocycles. The second-order valence-corrected chi connectivity index (χ2v) is 4.09. The van der Waals surface area contributed by atoms with Crippen LogP contribution in [0.15, 0.2) is 18.2 Å². The first-order chi connectivity index (χ1) is 7.25. The third-order valence-electron chi connectivity index (χ3n) is 2.73. The van der Waals surface area contributed by atoms with Gasteiger partial charge < -0.3 is 10.1 Å². The molecule has 1 N–H and O–H groups in total. The van der Waals surface area contributed by atoms with E-state index in [1.807, 2.05) is 13.0 Å². The molecule has 15 heavy (non-hydrogen) atoms. The molecule has 1 aliphatic rings. The van der Waals surface area contributed by atoms with Crippen LogP contribution in [-0.4, -0.2) is 19.8 Å². The van der Waals surface area contributed by atoms with Crippen molar-refractivity contribution in [1.29, 1.82) is 0 Å². The predicted molar refractivity (Wildman–Crippen MR) is 58.6 cm³/mol. The van der Waals surface area contributed by atoms with Crippen molar-refractivity contribution >= 4 is 5.69 Å². The van der Waals surface area contributed by atoms with Crippen LogP contribution in [0.5, 0.6) is 0 Å². The van der Waals surface area contributed by atoms with Crippen LogP contribution in [0.4, 0.5) is 10.1 Å². The number of benzene rings is 1. The highest BCUT2D eigenvalue weighted by Gasteiger charge is 2.15. The smallest absolute Gasteiger partial charge is 0.146 e. The van der Waals surface area contributed by atoms with E-state index in [9.17, 15) is 4.39 Å². The zero-order chi connectivity index (χ0) is 10.7. The first-order valence-corrected chi connectivity index (χ1v) is 5.33. The van der Waals surface area contributed by atoms with Crippen molar-refractivity contribution in [3.05, 3.63) is 29.6 Å². The van der Waals surface area contributed by atoms with E-state index in [4.69, 9.17) is 4.74 Å². The van der Waals surface area contributed by atoms with Crippen molar-refractivity contribution in [1.82, 2.24) is 0 Å². The highest BCUT2D eigenvalue weighted by molar-refractivity contribution is 5.47. The maximum Gasteiger partial charge on any atom is 0.146 e. The van der Waals surface area contributed by atoms with Crippen LogP contribution in [0.3, 0.4) is 0 Å². The molecular weight excluding hydrogens is 193 g/mol. The highest BCUT2D eigenvalue weighted by atomic mass is 19.1. The molecule has 0 bridgehead atoms. The summed E-state index contributed by atoms with van der Waals surface area (Å²) in [5, 5.41) is 3.14. The Labute approximate surface area is 89.4 Å². The van der Waals surface area contributed by atoms with Gasteiger partial charge in [0, 0.05) is 19.1 Å². The van der Waals surface area contributed by atoms with Crippen molar-refractivity contribution in [2.45, 2.75) is 13.3 Å². The Morgan fingerprint density at radius 1 is 1.53 bits per heavy atom. The summed E-state index contributed by atoms with van der Waals surface area (Å²) in [6, 6.07) is 5.12. The molecule has 1 unspecified atom stereocenters. The van der Waals surface area contributed by atoms with E-state index >= 15 is 0 Å². The molecule has 0 aromatic heterocycles. The number of hydrogen-bond acceptors (Lipinski definition) is 2. The lowest BCUT2D eigenvalue weighted by atomic mass is 10.1. The molecule has 1 saturated heterocycles. The molecule has 1 aromatic carbocycles. The van der Waals surface area contributed by atoms with E-state index in [0.717, 1.165) is 31.7 Å². The van der Waals surface area contributed by atoms with E-state index in [0.29, 0.717) is 11.6 Å². The highest BCUT2D eigenvalue weighted by Crippen LogP contribution is 2.18. The average molecular weight is 209 g/mol. The summed E-state index contributed by atoms with van der Waals surface area (Å²) in [6.07, 6.45) is 1.07. The molecule has 1 aliphatic heterocycles. The lowest BCUT2D eigenvalue weighted by Gasteiger charge is -2.11. The standard InChI is InChI=1S/C12H16FNO/c1-9-2-3-11(13)12(6-9)14-7-10-4-5-15-8-10/h2-3,6,10,14H,4-5,7-8H2,1H3. The molecule has 1 aromatic rings. The fraction of sp³-hybridized carbons (Fsp3) is 0.500. The minimum absolute atomic E-state index is 0.181. The molecule has 0 radical (unpaired) electrons. The van der Waals surface area contributed by atoms with E-state index < -0.39 is 0 Å². The van der Waals surface area contributed by atoms with Gasteiger partial charge in [-0.2, -0.15) is 0 Å². The van der Waals surface area contributed by atoms with Crippen LogP contribution in [0, 0.1) is 18.7 Å². The first-order valence-electron chi connectivity index (χ1n) is 5.33. The zero-order valence-corrected chi connectivity index (χ0v) is 8.92. The second-order valence-electron chi connectivity index (χ2n) is 4.09. The van der Waals surface area contributed by atoms with Gasteiger partial charge in [-0.05, 0) is 31.0 Å². The number of halogens is 1. The topological polar surface area (TPSA) is 21.3 Å². The Morgan fingerprint density at radius 3 is 3.13 bits per heavy atom. The van der Waals surface area contributed by atoms with Crippen LogP contribution >= 0.6 is 0 Å². The second kappa shape index (κ2) is 4.62. The first kappa shape index (κ1) is 10.4. The lowest BCUT2D eigenvalue weighted by Crippen LogP contribution is -2.14. The molecule has 3 heteroatoms. The molecule has 1 atom stereocenters. The molecule has 0 spiro atoms.